The van der Waals surface area contributed by atoms with Gasteiger partial charge in [-0.05, 0) is 12.1 Å². The van der Waals surface area contributed by atoms with E-state index in [4.69, 9.17) is 5.11 Å². The van der Waals surface area contributed by atoms with E-state index in [9.17, 15) is 22.0 Å². The highest BCUT2D eigenvalue weighted by atomic mass is 32.2. The second-order valence-electron chi connectivity index (χ2n) is 2.64. The van der Waals surface area contributed by atoms with E-state index in [1.807, 2.05) is 0 Å². The molecule has 0 aromatic carbocycles. The fraction of sp³-hybridized carbons (Fsp3) is 0.143. The Morgan fingerprint density at radius 2 is 2.12 bits per heavy atom. The highest BCUT2D eigenvalue weighted by Gasteiger charge is 2.23. The fourth-order valence-corrected chi connectivity index (χ4v) is 1.36. The van der Waals surface area contributed by atoms with Crippen LogP contribution >= 0.6 is 0 Å². The third-order valence-corrected chi connectivity index (χ3v) is 2.46. The average molecular weight is 252 g/mol. The lowest BCUT2D eigenvalue weighted by Gasteiger charge is -2.06. The van der Waals surface area contributed by atoms with E-state index in [0.717, 1.165) is 18.3 Å². The van der Waals surface area contributed by atoms with Crippen LogP contribution in [-0.4, -0.2) is 30.2 Å². The summed E-state index contributed by atoms with van der Waals surface area (Å²) in [4.78, 5) is 13.9. The van der Waals surface area contributed by atoms with Gasteiger partial charge in [-0.1, -0.05) is 0 Å². The Kier molecular flexibility index (Phi) is 3.38. The second kappa shape index (κ2) is 4.39. The lowest BCUT2D eigenvalue weighted by molar-refractivity contribution is 0.0690. The van der Waals surface area contributed by atoms with Crippen molar-refractivity contribution in [1.29, 1.82) is 0 Å². The predicted octanol–water partition coefficient (Wildman–Crippen LogP) is 0.744. The summed E-state index contributed by atoms with van der Waals surface area (Å²) in [6.45, 7) is 0. The first-order valence-electron chi connectivity index (χ1n) is 3.82. The topological polar surface area (TPSA) is 96.4 Å². The summed E-state index contributed by atoms with van der Waals surface area (Å²) >= 11 is 0. The van der Waals surface area contributed by atoms with Crippen molar-refractivity contribution < 1.29 is 27.1 Å². The Bertz CT molecular complexity index is 503. The van der Waals surface area contributed by atoms with E-state index in [1.54, 1.807) is 0 Å². The van der Waals surface area contributed by atoms with Crippen molar-refractivity contribution in [1.82, 2.24) is 4.98 Å². The summed E-state index contributed by atoms with van der Waals surface area (Å²) in [7, 11) is -4.80. The van der Waals surface area contributed by atoms with Crippen LogP contribution in [0, 0.1) is 0 Å². The van der Waals surface area contributed by atoms with Crippen LogP contribution in [0.2, 0.25) is 0 Å². The number of rotatable bonds is 4. The van der Waals surface area contributed by atoms with Crippen LogP contribution in [0.5, 0.6) is 0 Å². The molecular formula is C7H6F2N2O4S. The molecule has 0 bridgehead atoms. The van der Waals surface area contributed by atoms with E-state index < -0.39 is 27.4 Å². The number of halogens is 2. The van der Waals surface area contributed by atoms with Gasteiger partial charge >= 0.3 is 11.7 Å². The molecule has 0 amide bonds. The van der Waals surface area contributed by atoms with Crippen LogP contribution in [0.4, 0.5) is 14.5 Å². The first-order valence-corrected chi connectivity index (χ1v) is 5.36. The van der Waals surface area contributed by atoms with Gasteiger partial charge < -0.3 is 5.11 Å². The van der Waals surface area contributed by atoms with E-state index in [2.05, 4.69) is 4.98 Å². The summed E-state index contributed by atoms with van der Waals surface area (Å²) in [5.74, 6) is -4.98. The van der Waals surface area contributed by atoms with Crippen molar-refractivity contribution in [2.75, 3.05) is 4.72 Å². The van der Waals surface area contributed by atoms with Gasteiger partial charge in [0, 0.05) is 6.20 Å². The number of anilines is 1. The summed E-state index contributed by atoms with van der Waals surface area (Å²) in [6, 6.07) is 1.90. The normalized spacial score (nSPS) is 11.4. The highest BCUT2D eigenvalue weighted by Crippen LogP contribution is 2.13. The van der Waals surface area contributed by atoms with Crippen LogP contribution in [-0.2, 0) is 10.0 Å². The number of hydrogen-bond donors (Lipinski definition) is 2. The number of aromatic carboxylic acids is 1. The molecule has 9 heteroatoms. The van der Waals surface area contributed by atoms with Crippen molar-refractivity contribution in [3.05, 3.63) is 24.0 Å². The van der Waals surface area contributed by atoms with Gasteiger partial charge in [-0.3, -0.25) is 4.72 Å². The number of aromatic nitrogens is 1. The Morgan fingerprint density at radius 1 is 1.50 bits per heavy atom. The molecule has 0 aliphatic carbocycles. The Morgan fingerprint density at radius 3 is 2.62 bits per heavy atom. The van der Waals surface area contributed by atoms with Crippen molar-refractivity contribution in [3.8, 4) is 0 Å². The monoisotopic (exact) mass is 252 g/mol. The van der Waals surface area contributed by atoms with E-state index in [1.165, 1.54) is 4.72 Å². The van der Waals surface area contributed by atoms with E-state index >= 15 is 0 Å². The number of carboxylic acid groups (broad SMARTS) is 1. The second-order valence-corrected chi connectivity index (χ2v) is 4.29. The molecule has 1 rings (SSSR count). The van der Waals surface area contributed by atoms with Crippen LogP contribution in [0.1, 0.15) is 10.5 Å². The minimum Gasteiger partial charge on any atom is -0.477 e. The van der Waals surface area contributed by atoms with E-state index in [-0.39, 0.29) is 5.69 Å². The van der Waals surface area contributed by atoms with Gasteiger partial charge in [0.1, 0.15) is 5.69 Å². The first kappa shape index (κ1) is 12.3. The smallest absolute Gasteiger partial charge is 0.355 e. The molecule has 6 nitrogen and oxygen atoms in total. The number of sulfonamides is 1. The van der Waals surface area contributed by atoms with Crippen LogP contribution in [0.3, 0.4) is 0 Å². The standard InChI is InChI=1S/C7H6F2N2O4S/c8-7(9)16(14,15)11-4-1-2-10-5(3-4)6(12)13/h1-3,7H,(H,10,11)(H,12,13). The number of carboxylic acids is 1. The van der Waals surface area contributed by atoms with Crippen molar-refractivity contribution in [3.63, 3.8) is 0 Å². The van der Waals surface area contributed by atoms with Gasteiger partial charge in [-0.15, -0.1) is 0 Å². The van der Waals surface area contributed by atoms with Crippen molar-refractivity contribution in [2.45, 2.75) is 5.76 Å². The zero-order valence-electron chi connectivity index (χ0n) is 7.59. The minimum atomic E-state index is -4.80. The summed E-state index contributed by atoms with van der Waals surface area (Å²) in [5.41, 5.74) is -0.734. The predicted molar refractivity (Wildman–Crippen MR) is 49.7 cm³/mol. The third kappa shape index (κ3) is 2.86. The van der Waals surface area contributed by atoms with Gasteiger partial charge in [0.2, 0.25) is 0 Å². The molecule has 0 spiro atoms. The largest absolute Gasteiger partial charge is 0.477 e. The maximum absolute atomic E-state index is 12.0. The molecule has 1 heterocycles. The first-order chi connectivity index (χ1) is 7.33. The lowest BCUT2D eigenvalue weighted by Crippen LogP contribution is -2.20. The molecule has 16 heavy (non-hydrogen) atoms. The molecule has 88 valence electrons. The molecule has 0 atom stereocenters. The molecule has 0 radical (unpaired) electrons. The van der Waals surface area contributed by atoms with Crippen LogP contribution in [0.25, 0.3) is 0 Å². The van der Waals surface area contributed by atoms with Crippen molar-refractivity contribution in [2.24, 2.45) is 0 Å². The van der Waals surface area contributed by atoms with Crippen LogP contribution < -0.4 is 4.72 Å². The molecule has 1 aromatic heterocycles. The Balaban J connectivity index is 2.99. The number of nitrogens with zero attached hydrogens (tertiary/aromatic N) is 1. The molecule has 0 saturated heterocycles. The van der Waals surface area contributed by atoms with Gasteiger partial charge in [0.05, 0.1) is 5.69 Å². The molecule has 0 fully saturated rings. The lowest BCUT2D eigenvalue weighted by atomic mass is 10.3. The quantitative estimate of drug-likeness (QED) is 0.824. The maximum atomic E-state index is 12.0. The Hall–Kier alpha value is -1.77. The highest BCUT2D eigenvalue weighted by molar-refractivity contribution is 7.93. The molecule has 0 aliphatic heterocycles. The minimum absolute atomic E-state index is 0.285. The zero-order chi connectivity index (χ0) is 12.3. The van der Waals surface area contributed by atoms with Crippen LogP contribution in [0.15, 0.2) is 18.3 Å². The zero-order valence-corrected chi connectivity index (χ0v) is 8.41. The SMILES string of the molecule is O=C(O)c1cc(NS(=O)(=O)C(F)F)ccn1. The third-order valence-electron chi connectivity index (χ3n) is 1.47. The average Bonchev–Trinajstić information content (AvgIpc) is 2.17. The van der Waals surface area contributed by atoms with Gasteiger partial charge in [0.25, 0.3) is 10.0 Å². The summed E-state index contributed by atoms with van der Waals surface area (Å²) in [6.07, 6.45) is 0.993. The number of nitrogens with one attached hydrogen (secondary N) is 1. The van der Waals surface area contributed by atoms with Gasteiger partial charge in [0.15, 0.2) is 0 Å². The van der Waals surface area contributed by atoms with Gasteiger partial charge in [-0.2, -0.15) is 8.78 Å². The molecule has 0 aliphatic rings. The van der Waals surface area contributed by atoms with E-state index in [0.29, 0.717) is 0 Å². The molecule has 0 unspecified atom stereocenters. The summed E-state index contributed by atoms with van der Waals surface area (Å²) in [5, 5.41) is 8.53. The Labute approximate surface area is 89.0 Å². The molecule has 2 N–H and O–H groups in total. The molecular weight excluding hydrogens is 246 g/mol. The number of pyridine rings is 1. The van der Waals surface area contributed by atoms with Crippen molar-refractivity contribution >= 4 is 21.7 Å². The maximum Gasteiger partial charge on any atom is 0.355 e. The molecule has 0 saturated carbocycles. The number of alkyl halides is 2. The number of carbonyl (C=O) groups is 1. The van der Waals surface area contributed by atoms with Gasteiger partial charge in [-0.25, -0.2) is 18.2 Å². The fourth-order valence-electron chi connectivity index (χ4n) is 0.820. The summed E-state index contributed by atoms with van der Waals surface area (Å²) < 4.78 is 47.0. The number of hydrogen-bond acceptors (Lipinski definition) is 4. The molecule has 1 aromatic rings.